The van der Waals surface area contributed by atoms with Gasteiger partial charge in [-0.15, -0.1) is 11.3 Å². The van der Waals surface area contributed by atoms with Crippen molar-refractivity contribution in [3.05, 3.63) is 55.6 Å². The first-order chi connectivity index (χ1) is 11.1. The Labute approximate surface area is 143 Å². The Kier molecular flexibility index (Phi) is 5.15. The monoisotopic (exact) mass is 351 g/mol. The summed E-state index contributed by atoms with van der Waals surface area (Å²) in [5.74, 6) is -0.203. The highest BCUT2D eigenvalue weighted by atomic mass is 35.5. The third-order valence-corrected chi connectivity index (χ3v) is 5.06. The lowest BCUT2D eigenvalue weighted by molar-refractivity contribution is 0.0901. The number of nitrogens with zero attached hydrogens (tertiary/aromatic N) is 1. The molecule has 3 heterocycles. The van der Waals surface area contributed by atoms with E-state index in [4.69, 9.17) is 11.6 Å². The predicted molar refractivity (Wildman–Crippen MR) is 92.2 cm³/mol. The Bertz CT molecular complexity index is 729. The topological polar surface area (TPSA) is 65.2 Å². The number of aromatic amines is 1. The highest BCUT2D eigenvalue weighted by Crippen LogP contribution is 2.17. The maximum absolute atomic E-state index is 12.3. The highest BCUT2D eigenvalue weighted by Gasteiger charge is 2.22. The molecule has 2 aromatic rings. The number of likely N-dealkylation sites (tertiary alicyclic amines) is 1. The predicted octanol–water partition coefficient (Wildman–Crippen LogP) is 2.48. The molecule has 2 aromatic heterocycles. The smallest absolute Gasteiger partial charge is 0.266 e. The van der Waals surface area contributed by atoms with Crippen LogP contribution in [0.4, 0.5) is 0 Å². The van der Waals surface area contributed by atoms with Gasteiger partial charge in [0.2, 0.25) is 0 Å². The Morgan fingerprint density at radius 2 is 2.39 bits per heavy atom. The molecule has 0 saturated carbocycles. The summed E-state index contributed by atoms with van der Waals surface area (Å²) < 4.78 is 0. The first-order valence-electron chi connectivity index (χ1n) is 7.55. The molecule has 5 nitrogen and oxygen atoms in total. The molecule has 2 N–H and O–H groups in total. The number of piperidine rings is 1. The van der Waals surface area contributed by atoms with Crippen molar-refractivity contribution >= 4 is 28.8 Å². The minimum atomic E-state index is -0.386. The maximum Gasteiger partial charge on any atom is 0.266 e. The van der Waals surface area contributed by atoms with Gasteiger partial charge >= 0.3 is 0 Å². The standard InChI is InChI=1S/C16H18ClN3O2S/c17-14-7-11(8-18-16(14)22)15(21)19-12-3-1-5-20(9-12)10-13-4-2-6-23-13/h2,4,6-8,12H,1,3,5,9-10H2,(H,18,22)(H,19,21). The number of H-pyrrole nitrogens is 1. The molecule has 0 radical (unpaired) electrons. The molecule has 0 spiro atoms. The molecule has 0 aromatic carbocycles. The van der Waals surface area contributed by atoms with Gasteiger partial charge in [0, 0.05) is 30.2 Å². The highest BCUT2D eigenvalue weighted by molar-refractivity contribution is 7.09. The average molecular weight is 352 g/mol. The fourth-order valence-corrected chi connectivity index (χ4v) is 3.71. The first-order valence-corrected chi connectivity index (χ1v) is 8.81. The van der Waals surface area contributed by atoms with Crippen molar-refractivity contribution in [3.8, 4) is 0 Å². The van der Waals surface area contributed by atoms with Crippen LogP contribution in [-0.4, -0.2) is 34.9 Å². The number of hydrogen-bond donors (Lipinski definition) is 2. The van der Waals surface area contributed by atoms with E-state index in [-0.39, 0.29) is 22.5 Å². The molecule has 1 aliphatic rings. The molecular formula is C16H18ClN3O2S. The number of amides is 1. The summed E-state index contributed by atoms with van der Waals surface area (Å²) in [7, 11) is 0. The lowest BCUT2D eigenvalue weighted by atomic mass is 10.1. The van der Waals surface area contributed by atoms with Crippen LogP contribution in [0, 0.1) is 0 Å². The minimum absolute atomic E-state index is 0.0283. The Hall–Kier alpha value is -1.63. The zero-order chi connectivity index (χ0) is 16.2. The van der Waals surface area contributed by atoms with Crippen molar-refractivity contribution in [2.75, 3.05) is 13.1 Å². The summed E-state index contributed by atoms with van der Waals surface area (Å²) in [6.07, 6.45) is 3.42. The van der Waals surface area contributed by atoms with Crippen LogP contribution < -0.4 is 10.9 Å². The van der Waals surface area contributed by atoms with Gasteiger partial charge in [0.05, 0.1) is 5.56 Å². The summed E-state index contributed by atoms with van der Waals surface area (Å²) >= 11 is 7.53. The fraction of sp³-hybridized carbons (Fsp3) is 0.375. The summed E-state index contributed by atoms with van der Waals surface area (Å²) in [6, 6.07) is 5.71. The second-order valence-corrected chi connectivity index (χ2v) is 7.13. The summed E-state index contributed by atoms with van der Waals surface area (Å²) in [6.45, 7) is 2.81. The van der Waals surface area contributed by atoms with Gasteiger partial charge in [0.1, 0.15) is 5.02 Å². The van der Waals surface area contributed by atoms with Gasteiger partial charge in [-0.25, -0.2) is 0 Å². The van der Waals surface area contributed by atoms with Crippen LogP contribution in [-0.2, 0) is 6.54 Å². The van der Waals surface area contributed by atoms with Gasteiger partial charge < -0.3 is 10.3 Å². The van der Waals surface area contributed by atoms with Crippen molar-refractivity contribution < 1.29 is 4.79 Å². The molecule has 1 atom stereocenters. The zero-order valence-corrected chi connectivity index (χ0v) is 14.1. The van der Waals surface area contributed by atoms with E-state index in [1.807, 2.05) is 0 Å². The van der Waals surface area contributed by atoms with Crippen molar-refractivity contribution in [3.63, 3.8) is 0 Å². The van der Waals surface area contributed by atoms with Gasteiger partial charge in [0.15, 0.2) is 0 Å². The largest absolute Gasteiger partial charge is 0.348 e. The van der Waals surface area contributed by atoms with E-state index in [1.54, 1.807) is 11.3 Å². The third-order valence-electron chi connectivity index (χ3n) is 3.92. The number of thiophene rings is 1. The molecular weight excluding hydrogens is 334 g/mol. The number of hydrogen-bond acceptors (Lipinski definition) is 4. The van der Waals surface area contributed by atoms with Crippen molar-refractivity contribution in [2.45, 2.75) is 25.4 Å². The van der Waals surface area contributed by atoms with Crippen LogP contribution in [0.3, 0.4) is 0 Å². The normalized spacial score (nSPS) is 18.7. The van der Waals surface area contributed by atoms with Gasteiger partial charge in [-0.1, -0.05) is 17.7 Å². The quantitative estimate of drug-likeness (QED) is 0.889. The molecule has 7 heteroatoms. The molecule has 0 aliphatic carbocycles. The summed E-state index contributed by atoms with van der Waals surface area (Å²) in [4.78, 5) is 29.7. The van der Waals surface area contributed by atoms with E-state index < -0.39 is 0 Å². The molecule has 3 rings (SSSR count). The lowest BCUT2D eigenvalue weighted by Crippen LogP contribution is -2.47. The second kappa shape index (κ2) is 7.29. The van der Waals surface area contributed by atoms with Gasteiger partial charge in [-0.3, -0.25) is 14.5 Å². The SMILES string of the molecule is O=C(NC1CCCN(Cc2cccs2)C1)c1c[nH]c(=O)c(Cl)c1. The number of aromatic nitrogens is 1. The van der Waals surface area contributed by atoms with Crippen LogP contribution in [0.15, 0.2) is 34.6 Å². The van der Waals surface area contributed by atoms with Crippen molar-refractivity contribution in [1.82, 2.24) is 15.2 Å². The average Bonchev–Trinajstić information content (AvgIpc) is 3.03. The summed E-state index contributed by atoms with van der Waals surface area (Å²) in [5.41, 5.74) is -0.00649. The van der Waals surface area contributed by atoms with E-state index in [2.05, 4.69) is 32.7 Å². The summed E-state index contributed by atoms with van der Waals surface area (Å²) in [5, 5.41) is 5.14. The fourth-order valence-electron chi connectivity index (χ4n) is 2.80. The second-order valence-electron chi connectivity index (χ2n) is 5.69. The van der Waals surface area contributed by atoms with E-state index in [9.17, 15) is 9.59 Å². The van der Waals surface area contributed by atoms with Crippen LogP contribution in [0.1, 0.15) is 28.1 Å². The van der Waals surface area contributed by atoms with Crippen molar-refractivity contribution in [2.24, 2.45) is 0 Å². The van der Waals surface area contributed by atoms with Crippen LogP contribution >= 0.6 is 22.9 Å². The molecule has 1 unspecified atom stereocenters. The van der Waals surface area contributed by atoms with E-state index in [1.165, 1.54) is 17.1 Å². The molecule has 1 fully saturated rings. The Balaban J connectivity index is 1.59. The van der Waals surface area contributed by atoms with Crippen LogP contribution in [0.5, 0.6) is 0 Å². The number of carbonyl (C=O) groups is 1. The number of rotatable bonds is 4. The Morgan fingerprint density at radius 3 is 3.13 bits per heavy atom. The van der Waals surface area contributed by atoms with Crippen LogP contribution in [0.2, 0.25) is 5.02 Å². The number of halogens is 1. The molecule has 0 bridgehead atoms. The molecule has 1 amide bonds. The van der Waals surface area contributed by atoms with Gasteiger partial charge in [0.25, 0.3) is 11.5 Å². The number of pyridine rings is 1. The minimum Gasteiger partial charge on any atom is -0.348 e. The molecule has 122 valence electrons. The van der Waals surface area contributed by atoms with E-state index >= 15 is 0 Å². The van der Waals surface area contributed by atoms with E-state index in [0.717, 1.165) is 32.5 Å². The van der Waals surface area contributed by atoms with Crippen LogP contribution in [0.25, 0.3) is 0 Å². The third kappa shape index (κ3) is 4.22. The van der Waals surface area contributed by atoms with Gasteiger partial charge in [-0.05, 0) is 36.9 Å². The molecule has 1 aliphatic heterocycles. The number of nitrogens with one attached hydrogen (secondary N) is 2. The van der Waals surface area contributed by atoms with Gasteiger partial charge in [-0.2, -0.15) is 0 Å². The van der Waals surface area contributed by atoms with E-state index in [0.29, 0.717) is 5.56 Å². The molecule has 1 saturated heterocycles. The molecule has 23 heavy (non-hydrogen) atoms. The lowest BCUT2D eigenvalue weighted by Gasteiger charge is -2.32. The number of carbonyl (C=O) groups excluding carboxylic acids is 1. The first kappa shape index (κ1) is 16.2. The maximum atomic E-state index is 12.3. The Morgan fingerprint density at radius 1 is 1.52 bits per heavy atom. The zero-order valence-electron chi connectivity index (χ0n) is 12.5. The van der Waals surface area contributed by atoms with Crippen molar-refractivity contribution in [1.29, 1.82) is 0 Å².